The maximum atomic E-state index is 12.1. The number of carbonyl (C=O) groups excluding carboxylic acids is 1. The van der Waals surface area contributed by atoms with Gasteiger partial charge in [0.2, 0.25) is 0 Å². The number of benzene rings is 1. The molecule has 21 heavy (non-hydrogen) atoms. The molecule has 0 saturated heterocycles. The second-order valence-electron chi connectivity index (χ2n) is 6.01. The zero-order chi connectivity index (χ0) is 15.6. The second-order valence-corrected chi connectivity index (χ2v) is 6.01. The average Bonchev–Trinajstić information content (AvgIpc) is 2.79. The Labute approximate surface area is 125 Å². The zero-order valence-electron chi connectivity index (χ0n) is 13.0. The van der Waals surface area contributed by atoms with Crippen molar-refractivity contribution >= 4 is 5.91 Å². The molecule has 1 aromatic rings. The second kappa shape index (κ2) is 5.93. The van der Waals surface area contributed by atoms with Gasteiger partial charge in [-0.3, -0.25) is 4.79 Å². The molecule has 1 amide bonds. The van der Waals surface area contributed by atoms with Crippen LogP contribution in [-0.4, -0.2) is 29.3 Å². The minimum Gasteiger partial charge on any atom is -0.490 e. The van der Waals surface area contributed by atoms with Crippen LogP contribution in [0.4, 0.5) is 0 Å². The van der Waals surface area contributed by atoms with E-state index in [0.29, 0.717) is 11.5 Å². The lowest BCUT2D eigenvalue weighted by Gasteiger charge is -2.26. The molecule has 1 aromatic carbocycles. The Morgan fingerprint density at radius 2 is 2.29 bits per heavy atom. The van der Waals surface area contributed by atoms with Crippen LogP contribution < -0.4 is 14.8 Å². The summed E-state index contributed by atoms with van der Waals surface area (Å²) in [5, 5.41) is 12.6. The molecule has 1 aliphatic heterocycles. The minimum absolute atomic E-state index is 0.150. The van der Waals surface area contributed by atoms with Gasteiger partial charge in [-0.15, -0.1) is 0 Å². The molecule has 0 aliphatic carbocycles. The summed E-state index contributed by atoms with van der Waals surface area (Å²) in [6, 6.07) is 5.22. The van der Waals surface area contributed by atoms with E-state index < -0.39 is 12.2 Å². The maximum Gasteiger partial charge on any atom is 0.261 e. The molecule has 1 aliphatic rings. The van der Waals surface area contributed by atoms with Gasteiger partial charge in [0, 0.05) is 17.2 Å². The molecule has 0 saturated carbocycles. The highest BCUT2D eigenvalue weighted by Gasteiger charge is 2.25. The van der Waals surface area contributed by atoms with Crippen molar-refractivity contribution in [3.05, 3.63) is 23.8 Å². The smallest absolute Gasteiger partial charge is 0.261 e. The standard InChI is InChI=1S/C16H23NO4/c1-5-16(3,4)17-15(19)10(2)21-11-6-7-12-13(18)9-20-14(12)8-11/h6-8,10,13,18H,5,9H2,1-4H3,(H,17,19). The van der Waals surface area contributed by atoms with Gasteiger partial charge in [0.25, 0.3) is 5.91 Å². The summed E-state index contributed by atoms with van der Waals surface area (Å²) in [7, 11) is 0. The SMILES string of the molecule is CCC(C)(C)NC(=O)C(C)Oc1ccc2c(c1)OCC2O. The molecule has 0 spiro atoms. The van der Waals surface area contributed by atoms with Gasteiger partial charge in [-0.2, -0.15) is 0 Å². The largest absolute Gasteiger partial charge is 0.490 e. The lowest BCUT2D eigenvalue weighted by Crippen LogP contribution is -2.48. The Balaban J connectivity index is 2.00. The van der Waals surface area contributed by atoms with E-state index in [9.17, 15) is 9.90 Å². The van der Waals surface area contributed by atoms with Crippen molar-refractivity contribution in [2.45, 2.75) is 51.9 Å². The number of hydrogen-bond donors (Lipinski definition) is 2. The van der Waals surface area contributed by atoms with Gasteiger partial charge in [-0.25, -0.2) is 0 Å². The van der Waals surface area contributed by atoms with Crippen LogP contribution in [0.3, 0.4) is 0 Å². The number of amides is 1. The van der Waals surface area contributed by atoms with Crippen molar-refractivity contribution in [3.8, 4) is 11.5 Å². The third-order valence-electron chi connectivity index (χ3n) is 3.77. The van der Waals surface area contributed by atoms with E-state index in [0.717, 1.165) is 12.0 Å². The van der Waals surface area contributed by atoms with E-state index in [1.165, 1.54) is 0 Å². The first kappa shape index (κ1) is 15.6. The summed E-state index contributed by atoms with van der Waals surface area (Å²) in [6.45, 7) is 7.95. The van der Waals surface area contributed by atoms with Crippen LogP contribution in [0.15, 0.2) is 18.2 Å². The summed E-state index contributed by atoms with van der Waals surface area (Å²) in [6.07, 6.45) is -0.337. The Morgan fingerprint density at radius 1 is 1.57 bits per heavy atom. The first-order valence-electron chi connectivity index (χ1n) is 7.26. The fraction of sp³-hybridized carbons (Fsp3) is 0.562. The van der Waals surface area contributed by atoms with E-state index >= 15 is 0 Å². The van der Waals surface area contributed by atoms with Crippen LogP contribution in [0.5, 0.6) is 11.5 Å². The van der Waals surface area contributed by atoms with Crippen molar-refractivity contribution in [1.29, 1.82) is 0 Å². The number of ether oxygens (including phenoxy) is 2. The van der Waals surface area contributed by atoms with E-state index in [2.05, 4.69) is 5.32 Å². The van der Waals surface area contributed by atoms with Gasteiger partial charge in [-0.1, -0.05) is 6.92 Å². The molecule has 2 unspecified atom stereocenters. The van der Waals surface area contributed by atoms with Gasteiger partial charge >= 0.3 is 0 Å². The molecule has 2 rings (SSSR count). The number of hydrogen-bond acceptors (Lipinski definition) is 4. The molecule has 5 nitrogen and oxygen atoms in total. The Morgan fingerprint density at radius 3 is 2.95 bits per heavy atom. The van der Waals surface area contributed by atoms with Crippen molar-refractivity contribution in [2.24, 2.45) is 0 Å². The summed E-state index contributed by atoms with van der Waals surface area (Å²) >= 11 is 0. The quantitative estimate of drug-likeness (QED) is 0.873. The monoisotopic (exact) mass is 293 g/mol. The number of fused-ring (bicyclic) bond motifs is 1. The minimum atomic E-state index is -0.597. The van der Waals surface area contributed by atoms with Crippen molar-refractivity contribution in [1.82, 2.24) is 5.32 Å². The van der Waals surface area contributed by atoms with Crippen LogP contribution >= 0.6 is 0 Å². The highest BCUT2D eigenvalue weighted by atomic mass is 16.5. The molecular formula is C16H23NO4. The van der Waals surface area contributed by atoms with Gasteiger partial charge in [0.15, 0.2) is 6.10 Å². The third kappa shape index (κ3) is 3.67. The summed E-state index contributed by atoms with van der Waals surface area (Å²) in [4.78, 5) is 12.1. The molecular weight excluding hydrogens is 270 g/mol. The van der Waals surface area contributed by atoms with Crippen molar-refractivity contribution in [2.75, 3.05) is 6.61 Å². The molecule has 116 valence electrons. The molecule has 5 heteroatoms. The number of nitrogens with one attached hydrogen (secondary N) is 1. The van der Waals surface area contributed by atoms with Crippen LogP contribution in [-0.2, 0) is 4.79 Å². The highest BCUT2D eigenvalue weighted by Crippen LogP contribution is 2.35. The van der Waals surface area contributed by atoms with E-state index in [4.69, 9.17) is 9.47 Å². The van der Waals surface area contributed by atoms with Gasteiger partial charge in [-0.05, 0) is 39.3 Å². The molecule has 2 N–H and O–H groups in total. The molecule has 1 heterocycles. The van der Waals surface area contributed by atoms with Crippen molar-refractivity contribution < 1.29 is 19.4 Å². The van der Waals surface area contributed by atoms with Crippen LogP contribution in [0.25, 0.3) is 0 Å². The third-order valence-corrected chi connectivity index (χ3v) is 3.77. The molecule has 2 atom stereocenters. The van der Waals surface area contributed by atoms with Gasteiger partial charge in [0.1, 0.15) is 24.2 Å². The number of aliphatic hydroxyl groups is 1. The molecule has 0 bridgehead atoms. The normalized spacial score (nSPS) is 18.6. The molecule has 0 aromatic heterocycles. The number of rotatable bonds is 5. The number of carbonyl (C=O) groups is 1. The first-order valence-corrected chi connectivity index (χ1v) is 7.26. The van der Waals surface area contributed by atoms with E-state index in [-0.39, 0.29) is 18.1 Å². The Bertz CT molecular complexity index is 527. The first-order chi connectivity index (χ1) is 9.82. The fourth-order valence-electron chi connectivity index (χ4n) is 2.03. The predicted molar refractivity (Wildman–Crippen MR) is 79.5 cm³/mol. The van der Waals surface area contributed by atoms with E-state index in [1.807, 2.05) is 20.8 Å². The topological polar surface area (TPSA) is 67.8 Å². The Hall–Kier alpha value is -1.75. The van der Waals surface area contributed by atoms with Crippen molar-refractivity contribution in [3.63, 3.8) is 0 Å². The van der Waals surface area contributed by atoms with Gasteiger partial charge in [0.05, 0.1) is 0 Å². The predicted octanol–water partition coefficient (Wildman–Crippen LogP) is 2.18. The lowest BCUT2D eigenvalue weighted by molar-refractivity contribution is -0.128. The lowest BCUT2D eigenvalue weighted by atomic mass is 10.0. The summed E-state index contributed by atoms with van der Waals surface area (Å²) < 4.78 is 11.0. The van der Waals surface area contributed by atoms with Crippen LogP contribution in [0.1, 0.15) is 45.8 Å². The van der Waals surface area contributed by atoms with E-state index in [1.54, 1.807) is 25.1 Å². The van der Waals surface area contributed by atoms with Crippen LogP contribution in [0, 0.1) is 0 Å². The molecule has 0 radical (unpaired) electrons. The fourth-order valence-corrected chi connectivity index (χ4v) is 2.03. The maximum absolute atomic E-state index is 12.1. The van der Waals surface area contributed by atoms with Crippen LogP contribution in [0.2, 0.25) is 0 Å². The average molecular weight is 293 g/mol. The highest BCUT2D eigenvalue weighted by molar-refractivity contribution is 5.81. The van der Waals surface area contributed by atoms with Gasteiger partial charge < -0.3 is 19.9 Å². The number of aliphatic hydroxyl groups excluding tert-OH is 1. The summed E-state index contributed by atoms with van der Waals surface area (Å²) in [5.41, 5.74) is 0.506. The summed E-state index contributed by atoms with van der Waals surface area (Å²) in [5.74, 6) is 1.02. The zero-order valence-corrected chi connectivity index (χ0v) is 13.0. The Kier molecular flexibility index (Phi) is 4.42. The molecule has 0 fully saturated rings.